The lowest BCUT2D eigenvalue weighted by molar-refractivity contribution is 0.0519. The van der Waals surface area contributed by atoms with Crippen molar-refractivity contribution in [3.05, 3.63) is 10.6 Å². The van der Waals surface area contributed by atoms with Crippen molar-refractivity contribution < 1.29 is 9.53 Å². The van der Waals surface area contributed by atoms with Crippen LogP contribution in [0.15, 0.2) is 0 Å². The second-order valence-electron chi connectivity index (χ2n) is 4.84. The third kappa shape index (κ3) is 5.90. The van der Waals surface area contributed by atoms with Gasteiger partial charge in [-0.2, -0.15) is 0 Å². The minimum absolute atomic E-state index is 0.325. The molecule has 0 aliphatic carbocycles. The number of nitrogens with one attached hydrogen (secondary N) is 1. The van der Waals surface area contributed by atoms with Gasteiger partial charge < -0.3 is 10.1 Å². The highest BCUT2D eigenvalue weighted by molar-refractivity contribution is 7.15. The van der Waals surface area contributed by atoms with E-state index in [-0.39, 0.29) is 5.97 Å². The third-order valence-electron chi connectivity index (χ3n) is 3.07. The number of aromatic nitrogens is 1. The molecule has 0 bridgehead atoms. The molecule has 0 unspecified atom stereocenters. The summed E-state index contributed by atoms with van der Waals surface area (Å²) in [5, 5.41) is 4.11. The van der Waals surface area contributed by atoms with E-state index in [1.807, 2.05) is 6.92 Å². The molecule has 4 nitrogen and oxygen atoms in total. The molecule has 114 valence electrons. The third-order valence-corrected chi connectivity index (χ3v) is 4.00. The summed E-state index contributed by atoms with van der Waals surface area (Å²) in [6.07, 6.45) is 7.66. The molecule has 0 radical (unpaired) electrons. The lowest BCUT2D eigenvalue weighted by Crippen LogP contribution is -2.07. The first kappa shape index (κ1) is 17.0. The second kappa shape index (κ2) is 9.75. The van der Waals surface area contributed by atoms with Gasteiger partial charge in [0, 0.05) is 11.4 Å². The summed E-state index contributed by atoms with van der Waals surface area (Å²) in [4.78, 5) is 16.9. The summed E-state index contributed by atoms with van der Waals surface area (Å²) in [6, 6.07) is 0. The summed E-state index contributed by atoms with van der Waals surface area (Å²) in [6.45, 7) is 7.24. The number of hydrogen-bond acceptors (Lipinski definition) is 5. The minimum Gasteiger partial charge on any atom is -0.461 e. The van der Waals surface area contributed by atoms with Gasteiger partial charge in [0.25, 0.3) is 0 Å². The zero-order valence-electron chi connectivity index (χ0n) is 12.8. The van der Waals surface area contributed by atoms with Crippen LogP contribution in [0.25, 0.3) is 0 Å². The number of rotatable bonds is 10. The Morgan fingerprint density at radius 2 is 1.90 bits per heavy atom. The molecule has 1 aromatic rings. The molecular weight excluding hydrogens is 272 g/mol. The Hall–Kier alpha value is -1.10. The molecule has 0 atom stereocenters. The van der Waals surface area contributed by atoms with Crippen LogP contribution in [0.3, 0.4) is 0 Å². The van der Waals surface area contributed by atoms with Gasteiger partial charge in [0.2, 0.25) is 0 Å². The highest BCUT2D eigenvalue weighted by Crippen LogP contribution is 2.22. The number of anilines is 1. The molecule has 0 aliphatic rings. The Morgan fingerprint density at radius 1 is 1.20 bits per heavy atom. The minimum atomic E-state index is -0.325. The fraction of sp³-hybridized carbons (Fsp3) is 0.733. The normalized spacial score (nSPS) is 10.6. The number of carbonyl (C=O) groups is 1. The topological polar surface area (TPSA) is 51.2 Å². The highest BCUT2D eigenvalue weighted by atomic mass is 32.1. The molecule has 0 fully saturated rings. The standard InChI is InChI=1S/C15H26N2O2S/c1-4-6-7-8-9-10-11-16-15-17-13(12(3)20-15)14(18)19-5-2/h4-11H2,1-3H3,(H,16,17). The lowest BCUT2D eigenvalue weighted by Gasteiger charge is -2.02. The van der Waals surface area contributed by atoms with E-state index >= 15 is 0 Å². The molecule has 0 amide bonds. The number of aryl methyl sites for hydroxylation is 1. The zero-order chi connectivity index (χ0) is 14.8. The van der Waals surface area contributed by atoms with Crippen LogP contribution in [0.4, 0.5) is 5.13 Å². The molecule has 0 saturated carbocycles. The van der Waals surface area contributed by atoms with Crippen molar-refractivity contribution in [2.45, 2.75) is 59.3 Å². The molecule has 1 rings (SSSR count). The van der Waals surface area contributed by atoms with Crippen molar-refractivity contribution in [2.24, 2.45) is 0 Å². The van der Waals surface area contributed by atoms with Crippen molar-refractivity contribution in [2.75, 3.05) is 18.5 Å². The van der Waals surface area contributed by atoms with Crippen LogP contribution in [-0.2, 0) is 4.74 Å². The Labute approximate surface area is 125 Å². The van der Waals surface area contributed by atoms with Crippen LogP contribution in [0, 0.1) is 6.92 Å². The van der Waals surface area contributed by atoms with Gasteiger partial charge in [0.1, 0.15) is 0 Å². The van der Waals surface area contributed by atoms with E-state index in [1.165, 1.54) is 43.4 Å². The average molecular weight is 298 g/mol. The molecular formula is C15H26N2O2S. The number of thiazole rings is 1. The van der Waals surface area contributed by atoms with Crippen LogP contribution >= 0.6 is 11.3 Å². The maximum Gasteiger partial charge on any atom is 0.358 e. The average Bonchev–Trinajstić information content (AvgIpc) is 2.79. The number of esters is 1. The van der Waals surface area contributed by atoms with Crippen LogP contribution in [0.5, 0.6) is 0 Å². The highest BCUT2D eigenvalue weighted by Gasteiger charge is 2.15. The monoisotopic (exact) mass is 298 g/mol. The molecule has 0 aliphatic heterocycles. The van der Waals surface area contributed by atoms with E-state index in [0.29, 0.717) is 12.3 Å². The summed E-state index contributed by atoms with van der Waals surface area (Å²) < 4.78 is 4.98. The first-order valence-electron chi connectivity index (χ1n) is 7.57. The van der Waals surface area contributed by atoms with Crippen LogP contribution < -0.4 is 5.32 Å². The van der Waals surface area contributed by atoms with Gasteiger partial charge in [-0.05, 0) is 20.3 Å². The first-order valence-corrected chi connectivity index (χ1v) is 8.39. The van der Waals surface area contributed by atoms with Gasteiger partial charge in [-0.1, -0.05) is 39.0 Å². The quantitative estimate of drug-likeness (QED) is 0.514. The van der Waals surface area contributed by atoms with Crippen LogP contribution in [0.1, 0.15) is 67.7 Å². The van der Waals surface area contributed by atoms with Gasteiger partial charge in [-0.3, -0.25) is 0 Å². The van der Waals surface area contributed by atoms with E-state index in [2.05, 4.69) is 17.2 Å². The Morgan fingerprint density at radius 3 is 2.60 bits per heavy atom. The van der Waals surface area contributed by atoms with Crippen molar-refractivity contribution in [1.29, 1.82) is 0 Å². The molecule has 1 aromatic heterocycles. The summed E-state index contributed by atoms with van der Waals surface area (Å²) in [5.41, 5.74) is 0.447. The number of unbranched alkanes of at least 4 members (excludes halogenated alkanes) is 5. The van der Waals surface area contributed by atoms with Gasteiger partial charge in [-0.15, -0.1) is 11.3 Å². The fourth-order valence-corrected chi connectivity index (χ4v) is 2.79. The number of nitrogens with zero attached hydrogens (tertiary/aromatic N) is 1. The molecule has 0 spiro atoms. The summed E-state index contributed by atoms with van der Waals surface area (Å²) >= 11 is 1.52. The van der Waals surface area contributed by atoms with E-state index in [1.54, 1.807) is 6.92 Å². The molecule has 0 saturated heterocycles. The Balaban J connectivity index is 2.27. The smallest absolute Gasteiger partial charge is 0.358 e. The lowest BCUT2D eigenvalue weighted by atomic mass is 10.1. The molecule has 20 heavy (non-hydrogen) atoms. The number of ether oxygens (including phenoxy) is 1. The molecule has 0 aromatic carbocycles. The molecule has 1 N–H and O–H groups in total. The predicted molar refractivity (Wildman–Crippen MR) is 84.7 cm³/mol. The maximum atomic E-state index is 11.6. The van der Waals surface area contributed by atoms with Crippen molar-refractivity contribution in [3.8, 4) is 0 Å². The van der Waals surface area contributed by atoms with Gasteiger partial charge in [0.15, 0.2) is 10.8 Å². The summed E-state index contributed by atoms with van der Waals surface area (Å²) in [7, 11) is 0. The number of carbonyl (C=O) groups excluding carboxylic acids is 1. The largest absolute Gasteiger partial charge is 0.461 e. The second-order valence-corrected chi connectivity index (χ2v) is 6.04. The van der Waals surface area contributed by atoms with Gasteiger partial charge >= 0.3 is 5.97 Å². The Kier molecular flexibility index (Phi) is 8.26. The van der Waals surface area contributed by atoms with Gasteiger partial charge in [-0.25, -0.2) is 9.78 Å². The zero-order valence-corrected chi connectivity index (χ0v) is 13.6. The van der Waals surface area contributed by atoms with E-state index in [0.717, 1.165) is 23.0 Å². The maximum absolute atomic E-state index is 11.6. The van der Waals surface area contributed by atoms with Crippen molar-refractivity contribution in [3.63, 3.8) is 0 Å². The van der Waals surface area contributed by atoms with E-state index in [4.69, 9.17) is 4.74 Å². The number of hydrogen-bond donors (Lipinski definition) is 1. The van der Waals surface area contributed by atoms with Gasteiger partial charge in [0.05, 0.1) is 6.61 Å². The van der Waals surface area contributed by atoms with Crippen molar-refractivity contribution in [1.82, 2.24) is 4.98 Å². The first-order chi connectivity index (χ1) is 9.69. The van der Waals surface area contributed by atoms with E-state index < -0.39 is 0 Å². The van der Waals surface area contributed by atoms with Crippen LogP contribution in [0.2, 0.25) is 0 Å². The predicted octanol–water partition coefficient (Wildman–Crippen LogP) is 4.40. The van der Waals surface area contributed by atoms with Crippen LogP contribution in [-0.4, -0.2) is 24.1 Å². The Bertz CT molecular complexity index is 405. The molecule has 5 heteroatoms. The molecule has 1 heterocycles. The SMILES string of the molecule is CCCCCCCCNc1nc(C(=O)OCC)c(C)s1. The van der Waals surface area contributed by atoms with E-state index in [9.17, 15) is 4.79 Å². The summed E-state index contributed by atoms with van der Waals surface area (Å²) in [5.74, 6) is -0.325. The van der Waals surface area contributed by atoms with Crippen molar-refractivity contribution >= 4 is 22.4 Å². The fourth-order valence-electron chi connectivity index (χ4n) is 1.96.